The van der Waals surface area contributed by atoms with E-state index in [1.165, 1.54) is 28.5 Å². The van der Waals surface area contributed by atoms with Gasteiger partial charge < -0.3 is 0 Å². The van der Waals surface area contributed by atoms with Crippen LogP contribution in [0.3, 0.4) is 0 Å². The molecule has 0 aliphatic carbocycles. The second-order valence-electron chi connectivity index (χ2n) is 7.55. The van der Waals surface area contributed by atoms with Gasteiger partial charge in [-0.2, -0.15) is 0 Å². The van der Waals surface area contributed by atoms with Crippen LogP contribution in [0.4, 0.5) is 4.39 Å². The van der Waals surface area contributed by atoms with Gasteiger partial charge in [0, 0.05) is 35.9 Å². The first-order chi connectivity index (χ1) is 14.0. The Morgan fingerprint density at radius 3 is 2.00 bits per heavy atom. The van der Waals surface area contributed by atoms with E-state index in [1.54, 1.807) is 6.07 Å². The Balaban J connectivity index is 1.80. The van der Waals surface area contributed by atoms with Gasteiger partial charge in [-0.25, -0.2) is 4.39 Å². The molecule has 0 spiro atoms. The summed E-state index contributed by atoms with van der Waals surface area (Å²) in [6, 6.07) is 6.11. The standard InChI is InChI=1S/C25H30FN3/c1-5-23-17(4)10-19(15-27-23)12-21-11-18(14-28-25(21)7-3)8-9-20-13-22(26)16-29-24(20)6-2/h10-11,13-16H,5-9,12H2,1-4H3. The Bertz CT molecular complexity index is 982. The maximum Gasteiger partial charge on any atom is 0.141 e. The molecule has 0 atom stereocenters. The van der Waals surface area contributed by atoms with Crippen LogP contribution in [0.2, 0.25) is 0 Å². The lowest BCUT2D eigenvalue weighted by atomic mass is 9.97. The third-order valence-corrected chi connectivity index (χ3v) is 5.47. The lowest BCUT2D eigenvalue weighted by Crippen LogP contribution is -2.04. The van der Waals surface area contributed by atoms with E-state index >= 15 is 0 Å². The minimum atomic E-state index is -0.268. The number of hydrogen-bond donors (Lipinski definition) is 0. The molecular formula is C25H30FN3. The molecule has 3 aromatic rings. The zero-order valence-electron chi connectivity index (χ0n) is 17.9. The van der Waals surface area contributed by atoms with Gasteiger partial charge in [0.25, 0.3) is 0 Å². The minimum absolute atomic E-state index is 0.268. The van der Waals surface area contributed by atoms with E-state index in [2.05, 4.69) is 49.8 Å². The zero-order chi connectivity index (χ0) is 20.8. The highest BCUT2D eigenvalue weighted by Gasteiger charge is 2.10. The lowest BCUT2D eigenvalue weighted by molar-refractivity contribution is 0.615. The first-order valence-corrected chi connectivity index (χ1v) is 10.6. The van der Waals surface area contributed by atoms with Crippen molar-refractivity contribution >= 4 is 0 Å². The van der Waals surface area contributed by atoms with Crippen LogP contribution in [-0.4, -0.2) is 15.0 Å². The lowest BCUT2D eigenvalue weighted by Gasteiger charge is -2.12. The molecule has 0 aliphatic rings. The Morgan fingerprint density at radius 2 is 1.31 bits per heavy atom. The summed E-state index contributed by atoms with van der Waals surface area (Å²) in [6.45, 7) is 8.46. The fourth-order valence-corrected chi connectivity index (χ4v) is 3.87. The van der Waals surface area contributed by atoms with E-state index in [0.29, 0.717) is 0 Å². The van der Waals surface area contributed by atoms with Crippen LogP contribution in [-0.2, 0) is 38.5 Å². The molecule has 0 saturated heterocycles. The van der Waals surface area contributed by atoms with Crippen molar-refractivity contribution in [1.29, 1.82) is 0 Å². The maximum atomic E-state index is 13.6. The smallest absolute Gasteiger partial charge is 0.141 e. The highest BCUT2D eigenvalue weighted by Crippen LogP contribution is 2.19. The van der Waals surface area contributed by atoms with E-state index in [0.717, 1.165) is 61.2 Å². The molecular weight excluding hydrogens is 361 g/mol. The number of pyridine rings is 3. The molecule has 3 rings (SSSR count). The van der Waals surface area contributed by atoms with E-state index in [9.17, 15) is 4.39 Å². The van der Waals surface area contributed by atoms with Crippen molar-refractivity contribution in [2.45, 2.75) is 66.2 Å². The van der Waals surface area contributed by atoms with Crippen molar-refractivity contribution in [3.05, 3.63) is 87.5 Å². The highest BCUT2D eigenvalue weighted by atomic mass is 19.1. The molecule has 0 bridgehead atoms. The summed E-state index contributed by atoms with van der Waals surface area (Å²) in [4.78, 5) is 13.6. The van der Waals surface area contributed by atoms with Crippen molar-refractivity contribution in [2.24, 2.45) is 0 Å². The molecule has 3 nitrogen and oxygen atoms in total. The van der Waals surface area contributed by atoms with Gasteiger partial charge in [-0.1, -0.05) is 32.9 Å². The van der Waals surface area contributed by atoms with E-state index in [-0.39, 0.29) is 5.82 Å². The SMILES string of the molecule is CCc1ncc(Cc2cc(CCc3cc(F)cnc3CC)cnc2CC)cc1C. The fraction of sp³-hybridized carbons (Fsp3) is 0.400. The van der Waals surface area contributed by atoms with Crippen LogP contribution < -0.4 is 0 Å². The second-order valence-corrected chi connectivity index (χ2v) is 7.55. The largest absolute Gasteiger partial charge is 0.261 e. The average molecular weight is 392 g/mol. The number of aromatic nitrogens is 3. The Labute approximate surface area is 173 Å². The van der Waals surface area contributed by atoms with Gasteiger partial charge in [0.15, 0.2) is 0 Å². The molecule has 4 heteroatoms. The summed E-state index contributed by atoms with van der Waals surface area (Å²) in [7, 11) is 0. The Hall–Kier alpha value is -2.62. The molecule has 0 saturated carbocycles. The van der Waals surface area contributed by atoms with E-state index in [4.69, 9.17) is 4.98 Å². The molecule has 0 N–H and O–H groups in total. The predicted octanol–water partition coefficient (Wildman–Crippen LogP) is 5.38. The van der Waals surface area contributed by atoms with Crippen LogP contribution in [0.1, 0.15) is 65.7 Å². The van der Waals surface area contributed by atoms with Gasteiger partial charge in [-0.15, -0.1) is 0 Å². The number of halogens is 1. The number of hydrogen-bond acceptors (Lipinski definition) is 3. The molecule has 152 valence electrons. The zero-order valence-corrected chi connectivity index (χ0v) is 17.9. The van der Waals surface area contributed by atoms with Crippen molar-refractivity contribution in [1.82, 2.24) is 15.0 Å². The van der Waals surface area contributed by atoms with Crippen molar-refractivity contribution in [2.75, 3.05) is 0 Å². The minimum Gasteiger partial charge on any atom is -0.261 e. The fourth-order valence-electron chi connectivity index (χ4n) is 3.87. The molecule has 0 radical (unpaired) electrons. The molecule has 29 heavy (non-hydrogen) atoms. The van der Waals surface area contributed by atoms with Crippen molar-refractivity contribution < 1.29 is 4.39 Å². The number of rotatable bonds is 8. The number of aryl methyl sites for hydroxylation is 6. The maximum absolute atomic E-state index is 13.6. The molecule has 3 aromatic heterocycles. The monoisotopic (exact) mass is 391 g/mol. The third kappa shape index (κ3) is 5.26. The summed E-state index contributed by atoms with van der Waals surface area (Å²) < 4.78 is 13.6. The molecule has 0 aromatic carbocycles. The quantitative estimate of drug-likeness (QED) is 0.517. The van der Waals surface area contributed by atoms with Crippen LogP contribution in [0.25, 0.3) is 0 Å². The summed E-state index contributed by atoms with van der Waals surface area (Å²) >= 11 is 0. The van der Waals surface area contributed by atoms with E-state index in [1.807, 2.05) is 12.4 Å². The predicted molar refractivity (Wildman–Crippen MR) is 116 cm³/mol. The Morgan fingerprint density at radius 1 is 0.690 bits per heavy atom. The molecule has 0 fully saturated rings. The normalized spacial score (nSPS) is 11.1. The molecule has 0 aliphatic heterocycles. The van der Waals surface area contributed by atoms with Crippen molar-refractivity contribution in [3.63, 3.8) is 0 Å². The van der Waals surface area contributed by atoms with Crippen LogP contribution in [0.15, 0.2) is 36.8 Å². The number of nitrogens with zero attached hydrogens (tertiary/aromatic N) is 3. The van der Waals surface area contributed by atoms with Crippen LogP contribution in [0.5, 0.6) is 0 Å². The topological polar surface area (TPSA) is 38.7 Å². The first-order valence-electron chi connectivity index (χ1n) is 10.6. The molecule has 0 amide bonds. The third-order valence-electron chi connectivity index (χ3n) is 5.47. The van der Waals surface area contributed by atoms with Crippen LogP contribution >= 0.6 is 0 Å². The summed E-state index contributed by atoms with van der Waals surface area (Å²) in [5.41, 5.74) is 9.15. The van der Waals surface area contributed by atoms with E-state index < -0.39 is 0 Å². The molecule has 3 heterocycles. The van der Waals surface area contributed by atoms with Gasteiger partial charge in [0.1, 0.15) is 5.82 Å². The molecule has 0 unspecified atom stereocenters. The van der Waals surface area contributed by atoms with Gasteiger partial charge in [-0.3, -0.25) is 15.0 Å². The summed E-state index contributed by atoms with van der Waals surface area (Å²) in [6.07, 6.45) is 10.4. The highest BCUT2D eigenvalue weighted by molar-refractivity contribution is 5.34. The van der Waals surface area contributed by atoms with Crippen molar-refractivity contribution in [3.8, 4) is 0 Å². The van der Waals surface area contributed by atoms with Gasteiger partial charge >= 0.3 is 0 Å². The Kier molecular flexibility index (Phi) is 7.08. The van der Waals surface area contributed by atoms with Gasteiger partial charge in [0.2, 0.25) is 0 Å². The first kappa shape index (κ1) is 21.1. The second kappa shape index (κ2) is 9.73. The van der Waals surface area contributed by atoms with Gasteiger partial charge in [0.05, 0.1) is 6.20 Å². The summed E-state index contributed by atoms with van der Waals surface area (Å²) in [5.74, 6) is -0.268. The van der Waals surface area contributed by atoms with Gasteiger partial charge in [-0.05, 0) is 72.9 Å². The van der Waals surface area contributed by atoms with Crippen LogP contribution in [0, 0.1) is 12.7 Å². The average Bonchev–Trinajstić information content (AvgIpc) is 2.72. The summed E-state index contributed by atoms with van der Waals surface area (Å²) in [5, 5.41) is 0.